The van der Waals surface area contributed by atoms with Crippen molar-refractivity contribution in [2.75, 3.05) is 39.6 Å². The van der Waals surface area contributed by atoms with Gasteiger partial charge in [0.2, 0.25) is 26.0 Å². The summed E-state index contributed by atoms with van der Waals surface area (Å²) in [5, 5.41) is 3.04. The molecule has 2 aromatic rings. The molecular weight excluding hydrogens is 502 g/mol. The molecule has 0 bridgehead atoms. The summed E-state index contributed by atoms with van der Waals surface area (Å²) in [4.78, 5) is 13.1. The van der Waals surface area contributed by atoms with Crippen molar-refractivity contribution >= 4 is 43.2 Å². The average molecular weight is 530 g/mol. The summed E-state index contributed by atoms with van der Waals surface area (Å²) < 4.78 is 59.1. The highest BCUT2D eigenvalue weighted by atomic mass is 35.5. The number of carbonyl (C=O) groups is 1. The highest BCUT2D eigenvalue weighted by Crippen LogP contribution is 2.32. The SMILES string of the molecule is COc1ccc(Cl)cc1S(=O)(=O)N1CCC[C@@H](C(=O)Nc2cc(S(=O)(=O)N(C)C)ccc2C)C1. The largest absolute Gasteiger partial charge is 0.495 e. The van der Waals surface area contributed by atoms with E-state index in [0.717, 1.165) is 4.31 Å². The Labute approximate surface area is 205 Å². The third-order valence-corrected chi connectivity index (χ3v) is 9.68. The molecule has 1 aliphatic heterocycles. The lowest BCUT2D eigenvalue weighted by Gasteiger charge is -2.31. The van der Waals surface area contributed by atoms with E-state index in [4.69, 9.17) is 16.3 Å². The van der Waals surface area contributed by atoms with Gasteiger partial charge >= 0.3 is 0 Å². The van der Waals surface area contributed by atoms with Gasteiger partial charge in [0, 0.05) is 37.9 Å². The van der Waals surface area contributed by atoms with Crippen molar-refractivity contribution in [3.63, 3.8) is 0 Å². The quantitative estimate of drug-likeness (QED) is 0.590. The molecule has 0 aliphatic carbocycles. The maximum absolute atomic E-state index is 13.3. The van der Waals surface area contributed by atoms with Gasteiger partial charge in [-0.25, -0.2) is 21.1 Å². The second-order valence-electron chi connectivity index (χ2n) is 8.25. The monoisotopic (exact) mass is 529 g/mol. The first-order chi connectivity index (χ1) is 15.9. The van der Waals surface area contributed by atoms with Gasteiger partial charge in [-0.1, -0.05) is 17.7 Å². The van der Waals surface area contributed by atoms with Crippen LogP contribution in [0.4, 0.5) is 5.69 Å². The molecule has 1 amide bonds. The molecule has 0 aromatic heterocycles. The number of ether oxygens (including phenoxy) is 1. The van der Waals surface area contributed by atoms with Crippen LogP contribution >= 0.6 is 11.6 Å². The van der Waals surface area contributed by atoms with Crippen LogP contribution < -0.4 is 10.1 Å². The predicted octanol–water partition coefficient (Wildman–Crippen LogP) is 2.95. The van der Waals surface area contributed by atoms with Gasteiger partial charge in [0.25, 0.3) is 0 Å². The van der Waals surface area contributed by atoms with Gasteiger partial charge in [-0.3, -0.25) is 4.79 Å². The molecule has 3 rings (SSSR count). The summed E-state index contributed by atoms with van der Waals surface area (Å²) in [5.74, 6) is -0.812. The van der Waals surface area contributed by atoms with Crippen molar-refractivity contribution in [2.45, 2.75) is 29.6 Å². The Morgan fingerprint density at radius 2 is 1.85 bits per heavy atom. The lowest BCUT2D eigenvalue weighted by atomic mass is 9.98. The molecule has 0 spiro atoms. The molecule has 34 heavy (non-hydrogen) atoms. The molecular formula is C22H28ClN3O6S2. The fourth-order valence-electron chi connectivity index (χ4n) is 3.71. The van der Waals surface area contributed by atoms with Crippen molar-refractivity contribution in [3.8, 4) is 5.75 Å². The van der Waals surface area contributed by atoms with E-state index in [0.29, 0.717) is 24.1 Å². The summed E-state index contributed by atoms with van der Waals surface area (Å²) in [6.45, 7) is 2.00. The van der Waals surface area contributed by atoms with E-state index in [-0.39, 0.29) is 39.6 Å². The standard InChI is InChI=1S/C22H28ClN3O6S2/c1-15-7-9-18(33(28,29)25(2)3)13-19(15)24-22(27)16-6-5-11-26(14-16)34(30,31)21-12-17(23)8-10-20(21)32-4/h7-10,12-13,16H,5-6,11,14H2,1-4H3,(H,24,27)/t16-/m1/s1. The van der Waals surface area contributed by atoms with Gasteiger partial charge in [0.1, 0.15) is 10.6 Å². The third kappa shape index (κ3) is 5.38. The Hall–Kier alpha value is -2.18. The average Bonchev–Trinajstić information content (AvgIpc) is 2.80. The minimum absolute atomic E-state index is 0.0153. The minimum atomic E-state index is -3.95. The highest BCUT2D eigenvalue weighted by molar-refractivity contribution is 7.89. The number of sulfonamides is 2. The van der Waals surface area contributed by atoms with E-state index in [9.17, 15) is 21.6 Å². The number of rotatable bonds is 7. The first-order valence-electron chi connectivity index (χ1n) is 10.6. The number of halogens is 1. The molecule has 0 saturated carbocycles. The topological polar surface area (TPSA) is 113 Å². The van der Waals surface area contributed by atoms with E-state index < -0.39 is 26.0 Å². The zero-order valence-corrected chi connectivity index (χ0v) is 21.8. The van der Waals surface area contributed by atoms with Crippen LogP contribution in [-0.4, -0.2) is 65.6 Å². The van der Waals surface area contributed by atoms with Gasteiger partial charge < -0.3 is 10.1 Å². The molecule has 1 atom stereocenters. The second kappa shape index (κ2) is 10.2. The maximum atomic E-state index is 13.3. The molecule has 186 valence electrons. The van der Waals surface area contributed by atoms with Gasteiger partial charge in [-0.05, 0) is 55.7 Å². The molecule has 1 fully saturated rings. The zero-order chi connectivity index (χ0) is 25.3. The fraction of sp³-hybridized carbons (Fsp3) is 0.409. The molecule has 0 unspecified atom stereocenters. The number of benzene rings is 2. The number of anilines is 1. The number of nitrogens with one attached hydrogen (secondary N) is 1. The van der Waals surface area contributed by atoms with Gasteiger partial charge in [-0.2, -0.15) is 4.31 Å². The van der Waals surface area contributed by atoms with E-state index in [2.05, 4.69) is 5.32 Å². The Bertz CT molecular complexity index is 1300. The van der Waals surface area contributed by atoms with Crippen LogP contribution in [0.5, 0.6) is 5.75 Å². The van der Waals surface area contributed by atoms with Crippen molar-refractivity contribution in [2.24, 2.45) is 5.92 Å². The number of hydrogen-bond donors (Lipinski definition) is 1. The Kier molecular flexibility index (Phi) is 7.93. The van der Waals surface area contributed by atoms with Gasteiger partial charge in [0.05, 0.1) is 17.9 Å². The number of methoxy groups -OCH3 is 1. The summed E-state index contributed by atoms with van der Waals surface area (Å²) >= 11 is 6.02. The molecule has 1 saturated heterocycles. The summed E-state index contributed by atoms with van der Waals surface area (Å²) in [6, 6.07) is 8.87. The number of carbonyl (C=O) groups excluding carboxylic acids is 1. The maximum Gasteiger partial charge on any atom is 0.246 e. The van der Waals surface area contributed by atoms with Crippen molar-refractivity contribution < 1.29 is 26.4 Å². The van der Waals surface area contributed by atoms with Crippen molar-refractivity contribution in [1.29, 1.82) is 0 Å². The molecule has 2 aromatic carbocycles. The fourth-order valence-corrected chi connectivity index (χ4v) is 6.58. The van der Waals surface area contributed by atoms with Gasteiger partial charge in [0.15, 0.2) is 0 Å². The molecule has 1 N–H and O–H groups in total. The van der Waals surface area contributed by atoms with Crippen LogP contribution in [0.15, 0.2) is 46.2 Å². The highest BCUT2D eigenvalue weighted by Gasteiger charge is 2.35. The Balaban J connectivity index is 1.83. The molecule has 12 heteroatoms. The number of aryl methyl sites for hydroxylation is 1. The van der Waals surface area contributed by atoms with Crippen LogP contribution in [-0.2, 0) is 24.8 Å². The summed E-state index contributed by atoms with van der Waals surface area (Å²) in [6.07, 6.45) is 0.994. The van der Waals surface area contributed by atoms with Crippen LogP contribution in [0.2, 0.25) is 5.02 Å². The smallest absolute Gasteiger partial charge is 0.246 e. The van der Waals surface area contributed by atoms with E-state index >= 15 is 0 Å². The lowest BCUT2D eigenvalue weighted by Crippen LogP contribution is -2.43. The molecule has 1 heterocycles. The zero-order valence-electron chi connectivity index (χ0n) is 19.4. The van der Waals surface area contributed by atoms with Crippen LogP contribution in [0.1, 0.15) is 18.4 Å². The number of nitrogens with zero attached hydrogens (tertiary/aromatic N) is 2. The minimum Gasteiger partial charge on any atom is -0.495 e. The second-order valence-corrected chi connectivity index (χ2v) is 12.7. The van der Waals surface area contributed by atoms with E-state index in [1.54, 1.807) is 19.1 Å². The van der Waals surface area contributed by atoms with E-state index in [1.807, 2.05) is 0 Å². The lowest BCUT2D eigenvalue weighted by molar-refractivity contribution is -0.120. The van der Waals surface area contributed by atoms with Crippen LogP contribution in [0.25, 0.3) is 0 Å². The predicted molar refractivity (Wildman–Crippen MR) is 130 cm³/mol. The van der Waals surface area contributed by atoms with Crippen LogP contribution in [0, 0.1) is 12.8 Å². The number of amides is 1. The molecule has 1 aliphatic rings. The summed E-state index contributed by atoms with van der Waals surface area (Å²) in [7, 11) is -3.39. The normalized spacial score (nSPS) is 17.5. The van der Waals surface area contributed by atoms with Crippen LogP contribution in [0.3, 0.4) is 0 Å². The summed E-state index contributed by atoms with van der Waals surface area (Å²) in [5.41, 5.74) is 1.06. The van der Waals surface area contributed by atoms with E-state index in [1.165, 1.54) is 49.8 Å². The molecule has 0 radical (unpaired) electrons. The number of piperidine rings is 1. The first-order valence-corrected chi connectivity index (χ1v) is 13.8. The van der Waals surface area contributed by atoms with Gasteiger partial charge in [-0.15, -0.1) is 0 Å². The Morgan fingerprint density at radius 3 is 2.50 bits per heavy atom. The molecule has 9 nitrogen and oxygen atoms in total. The Morgan fingerprint density at radius 1 is 1.15 bits per heavy atom. The third-order valence-electron chi connectivity index (χ3n) is 5.74. The van der Waals surface area contributed by atoms with Crippen molar-refractivity contribution in [1.82, 2.24) is 8.61 Å². The number of hydrogen-bond acceptors (Lipinski definition) is 6. The first kappa shape index (κ1) is 26.4. The van der Waals surface area contributed by atoms with Crippen molar-refractivity contribution in [3.05, 3.63) is 47.0 Å².